The first-order valence-electron chi connectivity index (χ1n) is 11.5. The highest BCUT2D eigenvalue weighted by Gasteiger charge is 2.20. The topological polar surface area (TPSA) is 111 Å². The van der Waals surface area contributed by atoms with Crippen LogP contribution in [0.4, 0.5) is 0 Å². The Morgan fingerprint density at radius 3 is 2.49 bits per heavy atom. The van der Waals surface area contributed by atoms with Crippen LogP contribution in [0.3, 0.4) is 0 Å². The molecule has 1 heterocycles. The van der Waals surface area contributed by atoms with Crippen molar-refractivity contribution in [3.8, 4) is 12.5 Å². The second-order valence-corrected chi connectivity index (χ2v) is 8.73. The van der Waals surface area contributed by atoms with Gasteiger partial charge < -0.3 is 20.3 Å². The number of aliphatic hydroxyl groups excluding tert-OH is 1. The molecule has 0 aliphatic heterocycles. The van der Waals surface area contributed by atoms with Gasteiger partial charge in [0.25, 0.3) is 0 Å². The predicted octanol–water partition coefficient (Wildman–Crippen LogP) is 3.61. The van der Waals surface area contributed by atoms with Crippen molar-refractivity contribution in [2.24, 2.45) is 0 Å². The van der Waals surface area contributed by atoms with E-state index in [9.17, 15) is 9.59 Å². The molecule has 1 aliphatic rings. The Balaban J connectivity index is 0.000000456. The molecule has 1 aromatic heterocycles. The van der Waals surface area contributed by atoms with Crippen molar-refractivity contribution in [2.75, 3.05) is 6.54 Å². The molecule has 0 atom stereocenters. The third-order valence-electron chi connectivity index (χ3n) is 5.18. The fraction of sp³-hybridized carbons (Fsp3) is 0.385. The number of thiophene rings is 1. The van der Waals surface area contributed by atoms with Crippen LogP contribution in [0.2, 0.25) is 0 Å². The van der Waals surface area contributed by atoms with Crippen molar-refractivity contribution in [1.29, 1.82) is 0 Å². The normalized spacial score (nSPS) is 13.5. The molecule has 1 fully saturated rings. The third kappa shape index (κ3) is 11.5. The minimum absolute atomic E-state index is 0.0736. The summed E-state index contributed by atoms with van der Waals surface area (Å²) >= 11 is 1.54. The van der Waals surface area contributed by atoms with Gasteiger partial charge in [-0.2, -0.15) is 11.3 Å². The standard InChI is InChI=1S/C19H25N3O4S.C7H8O/c1-2-20-22(12-17(23)21-16-6-4-3-5-7-16)18(8-9-19(24)25)26-13-15-10-11-27-14-15;8-6-7-4-2-1-3-5-7/h1,8,10-11,14,16,20H,3-7,9,12-13H2,(H,21,23)(H,24,25);1-5,8H,6H2/b18-8+;. The largest absolute Gasteiger partial charge is 0.481 e. The zero-order valence-corrected chi connectivity index (χ0v) is 20.5. The second-order valence-electron chi connectivity index (χ2n) is 7.95. The van der Waals surface area contributed by atoms with E-state index in [0.29, 0.717) is 0 Å². The summed E-state index contributed by atoms with van der Waals surface area (Å²) in [6, 6.07) is 13.9. The molecular weight excluding hydrogens is 466 g/mol. The number of nitrogens with one attached hydrogen (secondary N) is 2. The molecule has 8 nitrogen and oxygen atoms in total. The van der Waals surface area contributed by atoms with E-state index in [1.54, 1.807) is 0 Å². The number of hydrogen-bond donors (Lipinski definition) is 4. The van der Waals surface area contributed by atoms with Gasteiger partial charge in [0.2, 0.25) is 11.8 Å². The molecule has 4 N–H and O–H groups in total. The number of ether oxygens (including phenoxy) is 1. The Morgan fingerprint density at radius 1 is 1.17 bits per heavy atom. The lowest BCUT2D eigenvalue weighted by Gasteiger charge is -2.27. The van der Waals surface area contributed by atoms with E-state index in [1.165, 1.54) is 28.8 Å². The van der Waals surface area contributed by atoms with Crippen molar-refractivity contribution < 1.29 is 24.5 Å². The zero-order chi connectivity index (χ0) is 25.3. The lowest BCUT2D eigenvalue weighted by molar-refractivity contribution is -0.136. The molecule has 188 valence electrons. The van der Waals surface area contributed by atoms with Crippen LogP contribution >= 0.6 is 11.3 Å². The number of amides is 1. The minimum atomic E-state index is -1.00. The number of aliphatic hydroxyl groups is 1. The van der Waals surface area contributed by atoms with Crippen LogP contribution < -0.4 is 10.7 Å². The fourth-order valence-electron chi connectivity index (χ4n) is 3.45. The van der Waals surface area contributed by atoms with Gasteiger partial charge >= 0.3 is 5.97 Å². The average Bonchev–Trinajstić information content (AvgIpc) is 3.39. The average molecular weight is 500 g/mol. The number of hydrazine groups is 1. The molecule has 9 heteroatoms. The summed E-state index contributed by atoms with van der Waals surface area (Å²) in [5.41, 5.74) is 4.54. The van der Waals surface area contributed by atoms with Crippen LogP contribution in [-0.2, 0) is 27.5 Å². The van der Waals surface area contributed by atoms with Crippen LogP contribution in [-0.4, -0.2) is 39.7 Å². The maximum Gasteiger partial charge on any atom is 0.307 e. The number of benzene rings is 1. The molecule has 1 aromatic carbocycles. The zero-order valence-electron chi connectivity index (χ0n) is 19.7. The van der Waals surface area contributed by atoms with Crippen LogP contribution in [0.25, 0.3) is 0 Å². The van der Waals surface area contributed by atoms with E-state index in [1.807, 2.05) is 47.2 Å². The van der Waals surface area contributed by atoms with Gasteiger partial charge in [-0.05, 0) is 41.3 Å². The van der Waals surface area contributed by atoms with Gasteiger partial charge in [-0.3, -0.25) is 15.0 Å². The van der Waals surface area contributed by atoms with Crippen molar-refractivity contribution in [1.82, 2.24) is 15.8 Å². The van der Waals surface area contributed by atoms with Gasteiger partial charge in [0.1, 0.15) is 13.2 Å². The highest BCUT2D eigenvalue weighted by molar-refractivity contribution is 7.07. The molecule has 35 heavy (non-hydrogen) atoms. The molecule has 1 saturated carbocycles. The molecule has 0 bridgehead atoms. The van der Waals surface area contributed by atoms with Crippen LogP contribution in [0.15, 0.2) is 59.1 Å². The number of hydrogen-bond acceptors (Lipinski definition) is 7. The van der Waals surface area contributed by atoms with Crippen LogP contribution in [0.1, 0.15) is 49.7 Å². The summed E-state index contributed by atoms with van der Waals surface area (Å²) in [7, 11) is 0. The maximum atomic E-state index is 12.4. The molecule has 0 unspecified atom stereocenters. The molecule has 2 aromatic rings. The van der Waals surface area contributed by atoms with E-state index in [2.05, 4.69) is 16.8 Å². The summed E-state index contributed by atoms with van der Waals surface area (Å²) in [5.74, 6) is -0.982. The van der Waals surface area contributed by atoms with Gasteiger partial charge in [0.05, 0.1) is 13.0 Å². The Kier molecular flexibility index (Phi) is 12.8. The number of carboxylic acid groups (broad SMARTS) is 1. The van der Waals surface area contributed by atoms with Gasteiger partial charge in [-0.25, -0.2) is 5.01 Å². The van der Waals surface area contributed by atoms with E-state index in [-0.39, 0.29) is 44.0 Å². The number of terminal acetylenes is 1. The predicted molar refractivity (Wildman–Crippen MR) is 135 cm³/mol. The lowest BCUT2D eigenvalue weighted by Crippen LogP contribution is -2.46. The van der Waals surface area contributed by atoms with Crippen LogP contribution in [0, 0.1) is 12.5 Å². The highest BCUT2D eigenvalue weighted by Crippen LogP contribution is 2.17. The van der Waals surface area contributed by atoms with Crippen molar-refractivity contribution in [3.05, 3.63) is 70.2 Å². The third-order valence-corrected chi connectivity index (χ3v) is 5.91. The smallest absolute Gasteiger partial charge is 0.307 e. The number of rotatable bonds is 11. The summed E-state index contributed by atoms with van der Waals surface area (Å²) in [5, 5.41) is 25.7. The van der Waals surface area contributed by atoms with Gasteiger partial charge in [0, 0.05) is 17.6 Å². The van der Waals surface area contributed by atoms with Gasteiger partial charge in [-0.1, -0.05) is 56.0 Å². The van der Waals surface area contributed by atoms with E-state index in [0.717, 1.165) is 36.8 Å². The SMILES string of the molecule is C#CNN(CC(=O)NC1CCCCC1)/C(=C\CC(=O)O)OCc1ccsc1.OCc1ccccc1. The molecule has 1 aliphatic carbocycles. The molecule has 3 rings (SSSR count). The monoisotopic (exact) mass is 499 g/mol. The minimum Gasteiger partial charge on any atom is -0.481 e. The molecule has 0 radical (unpaired) electrons. The van der Waals surface area contributed by atoms with E-state index >= 15 is 0 Å². The summed E-state index contributed by atoms with van der Waals surface area (Å²) in [4.78, 5) is 23.4. The number of nitrogens with zero attached hydrogens (tertiary/aromatic N) is 1. The van der Waals surface area contributed by atoms with Crippen molar-refractivity contribution in [2.45, 2.75) is 57.8 Å². The second kappa shape index (κ2) is 16.2. The Morgan fingerprint density at radius 2 is 1.91 bits per heavy atom. The molecule has 0 saturated heterocycles. The van der Waals surface area contributed by atoms with E-state index < -0.39 is 5.97 Å². The number of carbonyl (C=O) groups is 2. The molecule has 1 amide bonds. The van der Waals surface area contributed by atoms with E-state index in [4.69, 9.17) is 21.4 Å². The van der Waals surface area contributed by atoms with Gasteiger partial charge in [0.15, 0.2) is 0 Å². The maximum absolute atomic E-state index is 12.4. The first-order valence-corrected chi connectivity index (χ1v) is 12.4. The summed E-state index contributed by atoms with van der Waals surface area (Å²) < 4.78 is 5.73. The summed E-state index contributed by atoms with van der Waals surface area (Å²) in [6.07, 6.45) is 11.9. The van der Waals surface area contributed by atoms with Crippen molar-refractivity contribution >= 4 is 23.2 Å². The number of carboxylic acids is 1. The number of aliphatic carboxylic acids is 1. The Labute approximate surface area is 210 Å². The first kappa shape index (κ1) is 27.8. The highest BCUT2D eigenvalue weighted by atomic mass is 32.1. The van der Waals surface area contributed by atoms with Crippen molar-refractivity contribution in [3.63, 3.8) is 0 Å². The Bertz CT molecular complexity index is 951. The molecular formula is C26H33N3O5S. The van der Waals surface area contributed by atoms with Crippen LogP contribution in [0.5, 0.6) is 0 Å². The fourth-order valence-corrected chi connectivity index (χ4v) is 4.10. The van der Waals surface area contributed by atoms with Gasteiger partial charge in [-0.15, -0.1) is 0 Å². The lowest BCUT2D eigenvalue weighted by atomic mass is 9.95. The quantitative estimate of drug-likeness (QED) is 0.162. The number of carbonyl (C=O) groups excluding carboxylic acids is 1. The first-order chi connectivity index (χ1) is 17.0. The summed E-state index contributed by atoms with van der Waals surface area (Å²) in [6.45, 7) is 0.318. The Hall–Kier alpha value is -3.48. The molecule has 0 spiro atoms.